The molecule has 27 heavy (non-hydrogen) atoms. The third kappa shape index (κ3) is 5.56. The molecule has 0 aliphatic heterocycles. The summed E-state index contributed by atoms with van der Waals surface area (Å²) < 4.78 is 1.96. The van der Waals surface area contributed by atoms with Gasteiger partial charge in [-0.25, -0.2) is 4.99 Å². The maximum atomic E-state index is 5.95. The van der Waals surface area contributed by atoms with Crippen molar-refractivity contribution >= 4 is 17.6 Å². The first-order valence-corrected chi connectivity index (χ1v) is 9.15. The van der Waals surface area contributed by atoms with Crippen LogP contribution in [0.4, 0.5) is 0 Å². The zero-order valence-corrected chi connectivity index (χ0v) is 16.2. The van der Waals surface area contributed by atoms with Crippen molar-refractivity contribution in [3.63, 3.8) is 0 Å². The molecule has 140 valence electrons. The van der Waals surface area contributed by atoms with Gasteiger partial charge in [-0.3, -0.25) is 0 Å². The number of halogens is 1. The summed E-state index contributed by atoms with van der Waals surface area (Å²) >= 11 is 5.95. The van der Waals surface area contributed by atoms with Crippen LogP contribution in [0.3, 0.4) is 0 Å². The summed E-state index contributed by atoms with van der Waals surface area (Å²) in [5.74, 6) is 2.45. The fraction of sp³-hybridized carbons (Fsp3) is 0.250. The van der Waals surface area contributed by atoms with Gasteiger partial charge in [0.15, 0.2) is 11.8 Å². The summed E-state index contributed by atoms with van der Waals surface area (Å²) in [6.45, 7) is 3.71. The highest BCUT2D eigenvalue weighted by Crippen LogP contribution is 2.09. The van der Waals surface area contributed by atoms with Gasteiger partial charge in [0.2, 0.25) is 0 Å². The van der Waals surface area contributed by atoms with Gasteiger partial charge >= 0.3 is 0 Å². The van der Waals surface area contributed by atoms with Crippen molar-refractivity contribution in [2.45, 2.75) is 26.6 Å². The van der Waals surface area contributed by atoms with E-state index in [2.05, 4.69) is 38.0 Å². The molecule has 7 heteroatoms. The van der Waals surface area contributed by atoms with E-state index in [9.17, 15) is 0 Å². The smallest absolute Gasteiger partial charge is 0.192 e. The Bertz CT molecular complexity index is 887. The molecule has 3 rings (SSSR count). The van der Waals surface area contributed by atoms with Gasteiger partial charge in [0.25, 0.3) is 0 Å². The van der Waals surface area contributed by atoms with E-state index in [0.29, 0.717) is 19.6 Å². The topological polar surface area (TPSA) is 67.1 Å². The number of guanidine groups is 1. The Hall–Kier alpha value is -2.86. The number of hydrogen-bond acceptors (Lipinski definition) is 3. The minimum Gasteiger partial charge on any atom is -0.352 e. The summed E-state index contributed by atoms with van der Waals surface area (Å²) in [7, 11) is 1.95. The molecule has 1 heterocycles. The normalized spacial score (nSPS) is 11.4. The maximum Gasteiger partial charge on any atom is 0.192 e. The monoisotopic (exact) mass is 382 g/mol. The van der Waals surface area contributed by atoms with Gasteiger partial charge in [-0.2, -0.15) is 0 Å². The number of nitrogens with one attached hydrogen (secondary N) is 2. The highest BCUT2D eigenvalue weighted by atomic mass is 35.5. The molecule has 0 aliphatic rings. The van der Waals surface area contributed by atoms with Gasteiger partial charge in [0.1, 0.15) is 5.82 Å². The van der Waals surface area contributed by atoms with Crippen LogP contribution in [0.1, 0.15) is 22.8 Å². The first-order valence-electron chi connectivity index (χ1n) is 8.77. The van der Waals surface area contributed by atoms with Crippen molar-refractivity contribution in [2.24, 2.45) is 12.0 Å². The lowest BCUT2D eigenvalue weighted by Gasteiger charge is -2.13. The second kappa shape index (κ2) is 9.19. The summed E-state index contributed by atoms with van der Waals surface area (Å²) in [6, 6.07) is 17.9. The molecule has 0 amide bonds. The number of aliphatic imine (C=N–C) groups is 1. The van der Waals surface area contributed by atoms with Gasteiger partial charge in [-0.05, 0) is 30.2 Å². The van der Waals surface area contributed by atoms with Gasteiger partial charge in [-0.1, -0.05) is 54.1 Å². The third-order valence-electron chi connectivity index (χ3n) is 4.23. The van der Waals surface area contributed by atoms with Gasteiger partial charge in [-0.15, -0.1) is 10.2 Å². The Morgan fingerprint density at radius 2 is 1.67 bits per heavy atom. The first-order chi connectivity index (χ1) is 13.1. The molecule has 3 aromatic rings. The Labute approximate surface area is 164 Å². The quantitative estimate of drug-likeness (QED) is 0.507. The van der Waals surface area contributed by atoms with Gasteiger partial charge in [0.05, 0.1) is 13.1 Å². The van der Waals surface area contributed by atoms with Crippen molar-refractivity contribution in [3.05, 3.63) is 82.4 Å². The summed E-state index contributed by atoms with van der Waals surface area (Å²) in [5.41, 5.74) is 2.28. The Morgan fingerprint density at radius 3 is 2.33 bits per heavy atom. The molecule has 0 saturated carbocycles. The maximum absolute atomic E-state index is 5.95. The summed E-state index contributed by atoms with van der Waals surface area (Å²) in [6.07, 6.45) is 0. The first kappa shape index (κ1) is 18.9. The van der Waals surface area contributed by atoms with E-state index in [4.69, 9.17) is 11.6 Å². The number of rotatable bonds is 6. The minimum absolute atomic E-state index is 0.540. The Balaban J connectivity index is 1.67. The molecule has 0 spiro atoms. The number of aromatic nitrogens is 3. The lowest BCUT2D eigenvalue weighted by molar-refractivity contribution is 0.714. The molecule has 0 radical (unpaired) electrons. The van der Waals surface area contributed by atoms with Crippen LogP contribution in [0.15, 0.2) is 59.6 Å². The third-order valence-corrected chi connectivity index (χ3v) is 4.48. The van der Waals surface area contributed by atoms with E-state index in [-0.39, 0.29) is 0 Å². The number of nitrogens with zero attached hydrogens (tertiary/aromatic N) is 4. The van der Waals surface area contributed by atoms with Crippen molar-refractivity contribution < 1.29 is 0 Å². The number of benzene rings is 2. The molecule has 0 atom stereocenters. The molecule has 0 fully saturated rings. The molecule has 0 saturated heterocycles. The molecule has 2 aromatic carbocycles. The van der Waals surface area contributed by atoms with Crippen molar-refractivity contribution in [3.8, 4) is 0 Å². The van der Waals surface area contributed by atoms with Crippen molar-refractivity contribution in [2.75, 3.05) is 0 Å². The van der Waals surface area contributed by atoms with Gasteiger partial charge in [0, 0.05) is 18.6 Å². The molecule has 0 bridgehead atoms. The van der Waals surface area contributed by atoms with Crippen LogP contribution in [0.25, 0.3) is 0 Å². The molecule has 1 aromatic heterocycles. The van der Waals surface area contributed by atoms with Crippen LogP contribution in [0.2, 0.25) is 5.02 Å². The molecule has 6 nitrogen and oxygen atoms in total. The lowest BCUT2D eigenvalue weighted by Crippen LogP contribution is -2.37. The van der Waals surface area contributed by atoms with E-state index in [1.807, 2.05) is 61.0 Å². The molecule has 2 N–H and O–H groups in total. The van der Waals surface area contributed by atoms with Crippen LogP contribution < -0.4 is 10.6 Å². The van der Waals surface area contributed by atoms with Crippen LogP contribution in [-0.4, -0.2) is 20.7 Å². The van der Waals surface area contributed by atoms with E-state index >= 15 is 0 Å². The van der Waals surface area contributed by atoms with E-state index < -0.39 is 0 Å². The zero-order valence-electron chi connectivity index (χ0n) is 15.5. The molecule has 0 unspecified atom stereocenters. The largest absolute Gasteiger partial charge is 0.352 e. The fourth-order valence-electron chi connectivity index (χ4n) is 2.48. The number of hydrogen-bond donors (Lipinski definition) is 2. The number of aryl methyl sites for hydroxylation is 1. The lowest BCUT2D eigenvalue weighted by atomic mass is 10.2. The standard InChI is InChI=1S/C20H23ClN6/c1-15-25-26-19(27(15)2)14-24-20(22-12-16-6-4-3-5-7-16)23-13-17-8-10-18(21)11-9-17/h3-11H,12-14H2,1-2H3,(H2,22,23,24). The minimum atomic E-state index is 0.540. The summed E-state index contributed by atoms with van der Waals surface area (Å²) in [4.78, 5) is 4.69. The predicted octanol–water partition coefficient (Wildman–Crippen LogP) is 3.21. The average Bonchev–Trinajstić information content (AvgIpc) is 3.01. The second-order valence-corrected chi connectivity index (χ2v) is 6.64. The van der Waals surface area contributed by atoms with Crippen LogP contribution in [0.5, 0.6) is 0 Å². The Morgan fingerprint density at radius 1 is 0.963 bits per heavy atom. The van der Waals surface area contributed by atoms with Crippen molar-refractivity contribution in [1.29, 1.82) is 0 Å². The highest BCUT2D eigenvalue weighted by Gasteiger charge is 2.06. The van der Waals surface area contributed by atoms with E-state index in [1.54, 1.807) is 0 Å². The fourth-order valence-corrected chi connectivity index (χ4v) is 2.61. The van der Waals surface area contributed by atoms with Crippen LogP contribution in [0, 0.1) is 6.92 Å². The average molecular weight is 383 g/mol. The molecular weight excluding hydrogens is 360 g/mol. The van der Waals surface area contributed by atoms with Gasteiger partial charge < -0.3 is 15.2 Å². The van der Waals surface area contributed by atoms with Crippen LogP contribution >= 0.6 is 11.6 Å². The van der Waals surface area contributed by atoms with E-state index in [0.717, 1.165) is 33.8 Å². The zero-order chi connectivity index (χ0) is 19.1. The van der Waals surface area contributed by atoms with Crippen molar-refractivity contribution in [1.82, 2.24) is 25.4 Å². The van der Waals surface area contributed by atoms with E-state index in [1.165, 1.54) is 0 Å². The summed E-state index contributed by atoms with van der Waals surface area (Å²) in [5, 5.41) is 15.7. The highest BCUT2D eigenvalue weighted by molar-refractivity contribution is 6.30. The van der Waals surface area contributed by atoms with Crippen LogP contribution in [-0.2, 0) is 26.7 Å². The molecule has 0 aliphatic carbocycles. The SMILES string of the molecule is Cc1nnc(CNC(=NCc2ccccc2)NCc2ccc(Cl)cc2)n1C. The Kier molecular flexibility index (Phi) is 6.44. The predicted molar refractivity (Wildman–Crippen MR) is 108 cm³/mol. The molecular formula is C20H23ClN6. The second-order valence-electron chi connectivity index (χ2n) is 6.21.